The lowest BCUT2D eigenvalue weighted by atomic mass is 9.94. The SMILES string of the molecule is CCC1CCN(c2ccc([C@@H](C)O)cc2Cl)CC1. The first-order valence-corrected chi connectivity index (χ1v) is 7.22. The van der Waals surface area contributed by atoms with Gasteiger partial charge in [-0.1, -0.05) is 31.0 Å². The first-order valence-electron chi connectivity index (χ1n) is 6.84. The summed E-state index contributed by atoms with van der Waals surface area (Å²) in [4.78, 5) is 2.36. The Labute approximate surface area is 115 Å². The van der Waals surface area contributed by atoms with Crippen molar-refractivity contribution in [3.63, 3.8) is 0 Å². The van der Waals surface area contributed by atoms with Gasteiger partial charge in [0.2, 0.25) is 0 Å². The zero-order valence-corrected chi connectivity index (χ0v) is 12.0. The van der Waals surface area contributed by atoms with Crippen molar-refractivity contribution in [3.05, 3.63) is 28.8 Å². The fourth-order valence-electron chi connectivity index (χ4n) is 2.62. The van der Waals surface area contributed by atoms with E-state index in [9.17, 15) is 5.11 Å². The number of piperidine rings is 1. The molecule has 0 aliphatic carbocycles. The van der Waals surface area contributed by atoms with Gasteiger partial charge in [0, 0.05) is 13.1 Å². The van der Waals surface area contributed by atoms with Gasteiger partial charge in [-0.15, -0.1) is 0 Å². The Morgan fingerprint density at radius 2 is 2.06 bits per heavy atom. The highest BCUT2D eigenvalue weighted by atomic mass is 35.5. The van der Waals surface area contributed by atoms with E-state index in [1.54, 1.807) is 6.92 Å². The molecule has 0 unspecified atom stereocenters. The number of benzene rings is 1. The molecule has 18 heavy (non-hydrogen) atoms. The molecule has 0 saturated carbocycles. The number of aliphatic hydroxyl groups excluding tert-OH is 1. The van der Waals surface area contributed by atoms with Crippen molar-refractivity contribution in [2.75, 3.05) is 18.0 Å². The first-order chi connectivity index (χ1) is 8.61. The van der Waals surface area contributed by atoms with E-state index in [-0.39, 0.29) is 0 Å². The molecule has 2 nitrogen and oxygen atoms in total. The molecule has 1 N–H and O–H groups in total. The molecule has 1 fully saturated rings. The summed E-state index contributed by atoms with van der Waals surface area (Å²) in [6.07, 6.45) is 3.33. The van der Waals surface area contributed by atoms with Gasteiger partial charge in [0.05, 0.1) is 16.8 Å². The van der Waals surface area contributed by atoms with Crippen LogP contribution in [0.1, 0.15) is 44.8 Å². The number of anilines is 1. The van der Waals surface area contributed by atoms with E-state index in [2.05, 4.69) is 11.8 Å². The van der Waals surface area contributed by atoms with E-state index < -0.39 is 6.10 Å². The zero-order chi connectivity index (χ0) is 13.1. The van der Waals surface area contributed by atoms with Crippen LogP contribution in [0, 0.1) is 5.92 Å². The highest BCUT2D eigenvalue weighted by molar-refractivity contribution is 6.33. The summed E-state index contributed by atoms with van der Waals surface area (Å²) in [5.41, 5.74) is 1.99. The van der Waals surface area contributed by atoms with Gasteiger partial charge in [-0.3, -0.25) is 0 Å². The van der Waals surface area contributed by atoms with E-state index in [0.29, 0.717) is 0 Å². The second-order valence-corrected chi connectivity index (χ2v) is 5.63. The highest BCUT2D eigenvalue weighted by Gasteiger charge is 2.19. The van der Waals surface area contributed by atoms with E-state index in [4.69, 9.17) is 11.6 Å². The Bertz CT molecular complexity index is 397. The maximum absolute atomic E-state index is 9.54. The van der Waals surface area contributed by atoms with Crippen molar-refractivity contribution in [3.8, 4) is 0 Å². The summed E-state index contributed by atoms with van der Waals surface area (Å²) < 4.78 is 0. The molecule has 0 radical (unpaired) electrons. The monoisotopic (exact) mass is 267 g/mol. The Morgan fingerprint density at radius 1 is 1.39 bits per heavy atom. The quantitative estimate of drug-likeness (QED) is 0.894. The summed E-state index contributed by atoms with van der Waals surface area (Å²) in [5.74, 6) is 0.872. The average Bonchev–Trinajstić information content (AvgIpc) is 2.38. The fraction of sp³-hybridized carbons (Fsp3) is 0.600. The molecular weight excluding hydrogens is 246 g/mol. The summed E-state index contributed by atoms with van der Waals surface area (Å²) >= 11 is 6.32. The molecule has 1 heterocycles. The molecule has 3 heteroatoms. The van der Waals surface area contributed by atoms with Crippen LogP contribution in [-0.4, -0.2) is 18.2 Å². The van der Waals surface area contributed by atoms with Crippen LogP contribution in [-0.2, 0) is 0 Å². The molecule has 0 spiro atoms. The van der Waals surface area contributed by atoms with Crippen LogP contribution in [0.3, 0.4) is 0 Å². The molecular formula is C15H22ClNO. The van der Waals surface area contributed by atoms with Gasteiger partial charge in [0.1, 0.15) is 0 Å². The smallest absolute Gasteiger partial charge is 0.0762 e. The third kappa shape index (κ3) is 2.99. The van der Waals surface area contributed by atoms with Crippen molar-refractivity contribution in [2.45, 2.75) is 39.2 Å². The Kier molecular flexibility index (Phi) is 4.52. The minimum Gasteiger partial charge on any atom is -0.389 e. The van der Waals surface area contributed by atoms with Crippen LogP contribution >= 0.6 is 11.6 Å². The van der Waals surface area contributed by atoms with Crippen LogP contribution in [0.5, 0.6) is 0 Å². The summed E-state index contributed by atoms with van der Waals surface area (Å²) in [5, 5.41) is 10.3. The Hall–Kier alpha value is -0.730. The molecule has 1 aliphatic rings. The summed E-state index contributed by atoms with van der Waals surface area (Å²) in [7, 11) is 0. The second-order valence-electron chi connectivity index (χ2n) is 5.23. The number of halogens is 1. The largest absolute Gasteiger partial charge is 0.389 e. The normalized spacial score (nSPS) is 19.0. The van der Waals surface area contributed by atoms with Crippen molar-refractivity contribution < 1.29 is 5.11 Å². The fourth-order valence-corrected chi connectivity index (χ4v) is 2.93. The molecule has 100 valence electrons. The Morgan fingerprint density at radius 3 is 2.56 bits per heavy atom. The lowest BCUT2D eigenvalue weighted by Gasteiger charge is -2.34. The van der Waals surface area contributed by atoms with Gasteiger partial charge in [-0.25, -0.2) is 0 Å². The van der Waals surface area contributed by atoms with E-state index >= 15 is 0 Å². The van der Waals surface area contributed by atoms with Gasteiger partial charge in [0.15, 0.2) is 0 Å². The molecule has 1 aliphatic heterocycles. The van der Waals surface area contributed by atoms with Gasteiger partial charge in [-0.05, 0) is 43.4 Å². The number of hydrogen-bond acceptors (Lipinski definition) is 2. The second kappa shape index (κ2) is 5.94. The van der Waals surface area contributed by atoms with Gasteiger partial charge in [-0.2, -0.15) is 0 Å². The third-order valence-electron chi connectivity index (χ3n) is 3.99. The first kappa shape index (κ1) is 13.7. The summed E-state index contributed by atoms with van der Waals surface area (Å²) in [6, 6.07) is 5.89. The number of rotatable bonds is 3. The van der Waals surface area contributed by atoms with Crippen molar-refractivity contribution in [2.24, 2.45) is 5.92 Å². The maximum atomic E-state index is 9.54. The number of aliphatic hydroxyl groups is 1. The molecule has 0 bridgehead atoms. The van der Waals surface area contributed by atoms with E-state index in [1.165, 1.54) is 19.3 Å². The number of hydrogen-bond donors (Lipinski definition) is 1. The van der Waals surface area contributed by atoms with Crippen molar-refractivity contribution in [1.82, 2.24) is 0 Å². The third-order valence-corrected chi connectivity index (χ3v) is 4.29. The minimum atomic E-state index is -0.456. The zero-order valence-electron chi connectivity index (χ0n) is 11.2. The number of nitrogens with zero attached hydrogens (tertiary/aromatic N) is 1. The maximum Gasteiger partial charge on any atom is 0.0762 e. The van der Waals surface area contributed by atoms with Gasteiger partial charge < -0.3 is 10.0 Å². The summed E-state index contributed by atoms with van der Waals surface area (Å²) in [6.45, 7) is 6.21. The lowest BCUT2D eigenvalue weighted by Crippen LogP contribution is -2.33. The van der Waals surface area contributed by atoms with Crippen LogP contribution < -0.4 is 4.90 Å². The highest BCUT2D eigenvalue weighted by Crippen LogP contribution is 2.32. The Balaban J connectivity index is 2.10. The molecule has 0 amide bonds. The molecule has 2 rings (SSSR count). The van der Waals surface area contributed by atoms with Gasteiger partial charge >= 0.3 is 0 Å². The average molecular weight is 268 g/mol. The standard InChI is InChI=1S/C15H22ClNO/c1-3-12-6-8-17(9-7-12)15-5-4-13(11(2)18)10-14(15)16/h4-5,10-12,18H,3,6-9H2,1-2H3/t11-/m1/s1. The van der Waals surface area contributed by atoms with Crippen LogP contribution in [0.15, 0.2) is 18.2 Å². The predicted octanol–water partition coefficient (Wildman–Crippen LogP) is 4.02. The molecule has 1 atom stereocenters. The van der Waals surface area contributed by atoms with E-state index in [1.807, 2.05) is 18.2 Å². The van der Waals surface area contributed by atoms with Crippen molar-refractivity contribution in [1.29, 1.82) is 0 Å². The molecule has 1 aromatic carbocycles. The molecule has 1 aromatic rings. The van der Waals surface area contributed by atoms with Crippen LogP contribution in [0.25, 0.3) is 0 Å². The van der Waals surface area contributed by atoms with Crippen molar-refractivity contribution >= 4 is 17.3 Å². The molecule has 1 saturated heterocycles. The van der Waals surface area contributed by atoms with E-state index in [0.717, 1.165) is 35.3 Å². The van der Waals surface area contributed by atoms with Gasteiger partial charge in [0.25, 0.3) is 0 Å². The molecule has 0 aromatic heterocycles. The minimum absolute atomic E-state index is 0.456. The van der Waals surface area contributed by atoms with Crippen LogP contribution in [0.4, 0.5) is 5.69 Å². The van der Waals surface area contributed by atoms with Crippen LogP contribution in [0.2, 0.25) is 5.02 Å². The topological polar surface area (TPSA) is 23.5 Å². The predicted molar refractivity (Wildman–Crippen MR) is 77.3 cm³/mol. The lowest BCUT2D eigenvalue weighted by molar-refractivity contribution is 0.199.